The van der Waals surface area contributed by atoms with Crippen LogP contribution < -0.4 is 14.8 Å². The van der Waals surface area contributed by atoms with E-state index in [4.69, 9.17) is 21.1 Å². The van der Waals surface area contributed by atoms with Gasteiger partial charge in [-0.05, 0) is 38.5 Å². The Bertz CT molecular complexity index is 699. The van der Waals surface area contributed by atoms with Crippen molar-refractivity contribution in [3.05, 3.63) is 58.4 Å². The molecule has 0 aromatic heterocycles. The van der Waals surface area contributed by atoms with Crippen LogP contribution in [-0.4, -0.2) is 12.6 Å². The maximum Gasteiger partial charge on any atom is 0.166 e. The van der Waals surface area contributed by atoms with E-state index in [9.17, 15) is 4.39 Å². The molecule has 0 aliphatic carbocycles. The molecule has 0 heterocycles. The first-order valence-corrected chi connectivity index (χ1v) is 8.72. The molecule has 0 radical (unpaired) electrons. The molecule has 0 bridgehead atoms. The number of methoxy groups -OCH3 is 1. The van der Waals surface area contributed by atoms with Gasteiger partial charge in [0.05, 0.1) is 12.1 Å². The van der Waals surface area contributed by atoms with Crippen LogP contribution in [0.25, 0.3) is 0 Å². The van der Waals surface area contributed by atoms with Gasteiger partial charge in [-0.1, -0.05) is 36.7 Å². The molecule has 0 atom stereocenters. The number of hydrogen-bond acceptors (Lipinski definition) is 3. The Hall–Kier alpha value is -1.78. The molecule has 0 saturated carbocycles. The van der Waals surface area contributed by atoms with Gasteiger partial charge in [-0.25, -0.2) is 4.39 Å². The minimum atomic E-state index is -0.380. The third kappa shape index (κ3) is 5.10. The molecule has 2 rings (SSSR count). The summed E-state index contributed by atoms with van der Waals surface area (Å²) in [5, 5.41) is 3.85. The Labute approximate surface area is 154 Å². The summed E-state index contributed by atoms with van der Waals surface area (Å²) in [6.07, 6.45) is 0.998. The molecule has 0 aliphatic heterocycles. The third-order valence-corrected chi connectivity index (χ3v) is 4.70. The summed E-state index contributed by atoms with van der Waals surface area (Å²) in [7, 11) is 1.59. The fourth-order valence-corrected chi connectivity index (χ4v) is 2.52. The minimum Gasteiger partial charge on any atom is -0.493 e. The molecular weight excluding hydrogens is 341 g/mol. The van der Waals surface area contributed by atoms with Gasteiger partial charge in [0.2, 0.25) is 0 Å². The number of hydrogen-bond donors (Lipinski definition) is 1. The van der Waals surface area contributed by atoms with Crippen molar-refractivity contribution in [2.75, 3.05) is 7.11 Å². The lowest BCUT2D eigenvalue weighted by atomic mass is 10.0. The lowest BCUT2D eigenvalue weighted by Crippen LogP contribution is -2.37. The molecule has 2 aromatic carbocycles. The second-order valence-electron chi connectivity index (χ2n) is 6.53. The molecule has 0 saturated heterocycles. The Morgan fingerprint density at radius 1 is 1.16 bits per heavy atom. The van der Waals surface area contributed by atoms with Gasteiger partial charge in [-0.2, -0.15) is 0 Å². The van der Waals surface area contributed by atoms with Crippen molar-refractivity contribution in [2.45, 2.75) is 45.9 Å². The zero-order valence-electron chi connectivity index (χ0n) is 15.2. The monoisotopic (exact) mass is 365 g/mol. The molecular formula is C20H25ClFNO2. The van der Waals surface area contributed by atoms with Gasteiger partial charge >= 0.3 is 0 Å². The van der Waals surface area contributed by atoms with Crippen molar-refractivity contribution in [2.24, 2.45) is 0 Å². The number of para-hydroxylation sites is 1. The zero-order chi connectivity index (χ0) is 18.4. The molecule has 0 aliphatic rings. The Morgan fingerprint density at radius 3 is 2.52 bits per heavy atom. The zero-order valence-corrected chi connectivity index (χ0v) is 15.9. The van der Waals surface area contributed by atoms with E-state index >= 15 is 0 Å². The standard InChI is InChI=1S/C20H25ClFNO2/c1-5-20(2,3)23-12-14-8-6-11-18(24-4)19(14)25-13-15-16(21)9-7-10-17(15)22/h6-11,23H,5,12-13H2,1-4H3. The van der Waals surface area contributed by atoms with Gasteiger partial charge in [-0.3, -0.25) is 0 Å². The average molecular weight is 366 g/mol. The molecule has 0 amide bonds. The van der Waals surface area contributed by atoms with Crippen LogP contribution in [0.5, 0.6) is 11.5 Å². The molecule has 25 heavy (non-hydrogen) atoms. The van der Waals surface area contributed by atoms with E-state index in [2.05, 4.69) is 26.1 Å². The molecule has 2 aromatic rings. The van der Waals surface area contributed by atoms with Gasteiger partial charge in [0.1, 0.15) is 12.4 Å². The van der Waals surface area contributed by atoms with Crippen LogP contribution >= 0.6 is 11.6 Å². The van der Waals surface area contributed by atoms with Crippen LogP contribution in [0, 0.1) is 5.82 Å². The Kier molecular flexibility index (Phi) is 6.68. The minimum absolute atomic E-state index is 0.00912. The van der Waals surface area contributed by atoms with Crippen molar-refractivity contribution in [3.63, 3.8) is 0 Å². The van der Waals surface area contributed by atoms with Crippen LogP contribution in [-0.2, 0) is 13.2 Å². The summed E-state index contributed by atoms with van der Waals surface area (Å²) in [5.74, 6) is 0.832. The van der Waals surface area contributed by atoms with Crippen LogP contribution in [0.2, 0.25) is 5.02 Å². The van der Waals surface area contributed by atoms with E-state index < -0.39 is 0 Å². The summed E-state index contributed by atoms with van der Waals surface area (Å²) in [4.78, 5) is 0. The van der Waals surface area contributed by atoms with Crippen molar-refractivity contribution in [3.8, 4) is 11.5 Å². The first kappa shape index (κ1) is 19.5. The van der Waals surface area contributed by atoms with Crippen molar-refractivity contribution in [1.82, 2.24) is 5.32 Å². The van der Waals surface area contributed by atoms with Gasteiger partial charge in [0.25, 0.3) is 0 Å². The smallest absolute Gasteiger partial charge is 0.166 e. The SMILES string of the molecule is CCC(C)(C)NCc1cccc(OC)c1OCc1c(F)cccc1Cl. The first-order valence-electron chi connectivity index (χ1n) is 8.34. The number of rotatable bonds is 8. The number of nitrogens with one attached hydrogen (secondary N) is 1. The fourth-order valence-electron chi connectivity index (χ4n) is 2.30. The van der Waals surface area contributed by atoms with Crippen LogP contribution in [0.3, 0.4) is 0 Å². The molecule has 0 unspecified atom stereocenters. The molecule has 0 fully saturated rings. The molecule has 5 heteroatoms. The van der Waals surface area contributed by atoms with Crippen molar-refractivity contribution >= 4 is 11.6 Å². The quantitative estimate of drug-likeness (QED) is 0.684. The predicted molar refractivity (Wildman–Crippen MR) is 99.9 cm³/mol. The maximum atomic E-state index is 14.0. The van der Waals surface area contributed by atoms with E-state index in [1.807, 2.05) is 18.2 Å². The Balaban J connectivity index is 2.23. The van der Waals surface area contributed by atoms with Gasteiger partial charge in [0.15, 0.2) is 11.5 Å². The topological polar surface area (TPSA) is 30.5 Å². The number of ether oxygens (including phenoxy) is 2. The van der Waals surface area contributed by atoms with Crippen LogP contribution in [0.4, 0.5) is 4.39 Å². The van der Waals surface area contributed by atoms with Gasteiger partial charge in [-0.15, -0.1) is 0 Å². The largest absolute Gasteiger partial charge is 0.493 e. The van der Waals surface area contributed by atoms with E-state index in [0.29, 0.717) is 28.6 Å². The van der Waals surface area contributed by atoms with Crippen LogP contribution in [0.15, 0.2) is 36.4 Å². The summed E-state index contributed by atoms with van der Waals surface area (Å²) < 4.78 is 25.3. The highest BCUT2D eigenvalue weighted by Gasteiger charge is 2.17. The second-order valence-corrected chi connectivity index (χ2v) is 6.94. The molecule has 3 nitrogen and oxygen atoms in total. The highest BCUT2D eigenvalue weighted by atomic mass is 35.5. The predicted octanol–water partition coefficient (Wildman–Crippen LogP) is 5.34. The number of benzene rings is 2. The van der Waals surface area contributed by atoms with Gasteiger partial charge in [0, 0.05) is 23.2 Å². The lowest BCUT2D eigenvalue weighted by Gasteiger charge is -2.25. The summed E-state index contributed by atoms with van der Waals surface area (Å²) in [6, 6.07) is 10.3. The van der Waals surface area contributed by atoms with E-state index in [-0.39, 0.29) is 18.0 Å². The second kappa shape index (κ2) is 8.54. The average Bonchev–Trinajstić information content (AvgIpc) is 2.60. The molecule has 1 N–H and O–H groups in total. The maximum absolute atomic E-state index is 14.0. The summed E-state index contributed by atoms with van der Waals surface area (Å²) in [5.41, 5.74) is 1.30. The Morgan fingerprint density at radius 2 is 1.88 bits per heavy atom. The van der Waals surface area contributed by atoms with E-state index in [1.54, 1.807) is 19.2 Å². The fraction of sp³-hybridized carbons (Fsp3) is 0.400. The highest BCUT2D eigenvalue weighted by molar-refractivity contribution is 6.31. The first-order chi connectivity index (χ1) is 11.9. The lowest BCUT2D eigenvalue weighted by molar-refractivity contribution is 0.274. The van der Waals surface area contributed by atoms with E-state index in [0.717, 1.165) is 12.0 Å². The van der Waals surface area contributed by atoms with Crippen molar-refractivity contribution in [1.29, 1.82) is 0 Å². The summed E-state index contributed by atoms with van der Waals surface area (Å²) >= 11 is 6.09. The third-order valence-electron chi connectivity index (χ3n) is 4.34. The molecule has 0 spiro atoms. The summed E-state index contributed by atoms with van der Waals surface area (Å²) in [6.45, 7) is 7.09. The van der Waals surface area contributed by atoms with Gasteiger partial charge < -0.3 is 14.8 Å². The highest BCUT2D eigenvalue weighted by Crippen LogP contribution is 2.33. The normalized spacial score (nSPS) is 11.4. The van der Waals surface area contributed by atoms with E-state index in [1.165, 1.54) is 6.07 Å². The van der Waals surface area contributed by atoms with Crippen LogP contribution in [0.1, 0.15) is 38.3 Å². The number of halogens is 2. The van der Waals surface area contributed by atoms with Crippen molar-refractivity contribution < 1.29 is 13.9 Å². The molecule has 136 valence electrons.